The fraction of sp³-hybridized carbons (Fsp3) is 0.316. The zero-order valence-corrected chi connectivity index (χ0v) is 14.4. The van der Waals surface area contributed by atoms with E-state index >= 15 is 0 Å². The number of carbonyl (C=O) groups excluding carboxylic acids is 1. The predicted octanol–water partition coefficient (Wildman–Crippen LogP) is 3.81. The molecule has 5 nitrogen and oxygen atoms in total. The Morgan fingerprint density at radius 1 is 1.17 bits per heavy atom. The van der Waals surface area contributed by atoms with Crippen LogP contribution in [0.2, 0.25) is 0 Å². The minimum atomic E-state index is -0.115. The van der Waals surface area contributed by atoms with Crippen molar-refractivity contribution < 1.29 is 4.79 Å². The number of hydrogen-bond acceptors (Lipinski definition) is 3. The molecule has 0 saturated carbocycles. The molecule has 0 aliphatic carbocycles. The highest BCUT2D eigenvalue weighted by molar-refractivity contribution is 5.98. The molecule has 24 heavy (non-hydrogen) atoms. The van der Waals surface area contributed by atoms with E-state index in [1.54, 1.807) is 6.20 Å². The molecule has 0 aliphatic rings. The zero-order valence-electron chi connectivity index (χ0n) is 14.4. The van der Waals surface area contributed by atoms with Crippen molar-refractivity contribution >= 4 is 16.9 Å². The molecule has 0 spiro atoms. The van der Waals surface area contributed by atoms with Gasteiger partial charge in [0, 0.05) is 11.4 Å². The second-order valence-corrected chi connectivity index (χ2v) is 6.32. The van der Waals surface area contributed by atoms with Crippen molar-refractivity contribution in [3.8, 4) is 0 Å². The van der Waals surface area contributed by atoms with E-state index in [1.165, 1.54) is 0 Å². The quantitative estimate of drug-likeness (QED) is 0.794. The molecule has 3 aromatic rings. The second kappa shape index (κ2) is 6.43. The number of hydrogen-bond donors (Lipinski definition) is 1. The first-order valence-electron chi connectivity index (χ1n) is 8.18. The summed E-state index contributed by atoms with van der Waals surface area (Å²) >= 11 is 0. The summed E-state index contributed by atoms with van der Waals surface area (Å²) in [5, 5.41) is 8.29. The largest absolute Gasteiger partial charge is 0.345 e. The van der Waals surface area contributed by atoms with Crippen LogP contribution in [0, 0.1) is 6.92 Å². The number of carbonyl (C=O) groups is 1. The Hall–Kier alpha value is -2.69. The molecule has 2 aromatic heterocycles. The number of aryl methyl sites for hydroxylation is 1. The molecule has 1 atom stereocenters. The van der Waals surface area contributed by atoms with E-state index in [1.807, 2.05) is 54.9 Å². The van der Waals surface area contributed by atoms with Gasteiger partial charge in [-0.2, -0.15) is 5.10 Å². The highest BCUT2D eigenvalue weighted by atomic mass is 16.1. The highest BCUT2D eigenvalue weighted by Gasteiger charge is 2.17. The molecule has 0 saturated heterocycles. The van der Waals surface area contributed by atoms with Crippen LogP contribution in [0.3, 0.4) is 0 Å². The van der Waals surface area contributed by atoms with E-state index in [0.29, 0.717) is 11.3 Å². The molecule has 1 N–H and O–H groups in total. The molecule has 1 unspecified atom stereocenters. The van der Waals surface area contributed by atoms with Gasteiger partial charge < -0.3 is 5.32 Å². The first-order valence-corrected chi connectivity index (χ1v) is 8.18. The van der Waals surface area contributed by atoms with Gasteiger partial charge in [0.1, 0.15) is 0 Å². The summed E-state index contributed by atoms with van der Waals surface area (Å²) in [5.41, 5.74) is 3.19. The molecule has 2 heterocycles. The van der Waals surface area contributed by atoms with Crippen LogP contribution < -0.4 is 5.32 Å². The zero-order chi connectivity index (χ0) is 17.3. The number of benzene rings is 1. The van der Waals surface area contributed by atoms with Crippen LogP contribution in [0.1, 0.15) is 54.5 Å². The lowest BCUT2D eigenvalue weighted by atomic mass is 10.1. The minimum absolute atomic E-state index is 0.0628. The average Bonchev–Trinajstić information content (AvgIpc) is 2.97. The van der Waals surface area contributed by atoms with Crippen LogP contribution in [-0.4, -0.2) is 20.7 Å². The third kappa shape index (κ3) is 3.02. The van der Waals surface area contributed by atoms with Gasteiger partial charge in [-0.05, 0) is 39.3 Å². The Labute approximate surface area is 141 Å². The number of pyridine rings is 1. The normalized spacial score (nSPS) is 12.5. The van der Waals surface area contributed by atoms with E-state index in [4.69, 9.17) is 0 Å². The first kappa shape index (κ1) is 16.2. The predicted molar refractivity (Wildman–Crippen MR) is 95.0 cm³/mol. The van der Waals surface area contributed by atoms with Crippen LogP contribution in [-0.2, 0) is 0 Å². The van der Waals surface area contributed by atoms with Crippen LogP contribution in [0.4, 0.5) is 0 Å². The summed E-state index contributed by atoms with van der Waals surface area (Å²) in [6, 6.07) is 12.0. The van der Waals surface area contributed by atoms with E-state index in [2.05, 4.69) is 29.2 Å². The molecule has 0 bridgehead atoms. The lowest BCUT2D eigenvalue weighted by Gasteiger charge is -2.15. The Morgan fingerprint density at radius 2 is 1.88 bits per heavy atom. The summed E-state index contributed by atoms with van der Waals surface area (Å²) in [5.74, 6) is -0.115. The lowest BCUT2D eigenvalue weighted by molar-refractivity contribution is 0.0939. The monoisotopic (exact) mass is 322 g/mol. The summed E-state index contributed by atoms with van der Waals surface area (Å²) in [6.07, 6.45) is 1.76. The number of rotatable bonds is 4. The van der Waals surface area contributed by atoms with E-state index in [-0.39, 0.29) is 18.0 Å². The third-order valence-corrected chi connectivity index (χ3v) is 4.14. The van der Waals surface area contributed by atoms with E-state index in [9.17, 15) is 4.79 Å². The Kier molecular flexibility index (Phi) is 4.34. The number of aromatic nitrogens is 3. The molecule has 5 heteroatoms. The van der Waals surface area contributed by atoms with E-state index in [0.717, 1.165) is 16.6 Å². The average molecular weight is 322 g/mol. The highest BCUT2D eigenvalue weighted by Crippen LogP contribution is 2.20. The van der Waals surface area contributed by atoms with Crippen molar-refractivity contribution in [2.24, 2.45) is 0 Å². The van der Waals surface area contributed by atoms with Crippen molar-refractivity contribution in [1.29, 1.82) is 0 Å². The summed E-state index contributed by atoms with van der Waals surface area (Å²) < 4.78 is 1.87. The van der Waals surface area contributed by atoms with Crippen molar-refractivity contribution in [3.05, 3.63) is 59.4 Å². The summed E-state index contributed by atoms with van der Waals surface area (Å²) in [7, 11) is 0. The van der Waals surface area contributed by atoms with Crippen LogP contribution in [0.5, 0.6) is 0 Å². The molecule has 0 fully saturated rings. The molecule has 0 radical (unpaired) electrons. The van der Waals surface area contributed by atoms with Crippen LogP contribution in [0.25, 0.3) is 11.0 Å². The van der Waals surface area contributed by atoms with Gasteiger partial charge in [0.15, 0.2) is 5.65 Å². The topological polar surface area (TPSA) is 59.8 Å². The van der Waals surface area contributed by atoms with Crippen molar-refractivity contribution in [2.45, 2.75) is 39.8 Å². The maximum atomic E-state index is 12.7. The maximum absolute atomic E-state index is 12.7. The molecular formula is C19H22N4O. The maximum Gasteiger partial charge on any atom is 0.253 e. The van der Waals surface area contributed by atoms with Gasteiger partial charge in [-0.15, -0.1) is 0 Å². The fourth-order valence-corrected chi connectivity index (χ4v) is 2.77. The molecule has 0 aliphatic heterocycles. The molecule has 124 valence electrons. The minimum Gasteiger partial charge on any atom is -0.345 e. The molecule has 1 amide bonds. The lowest BCUT2D eigenvalue weighted by Crippen LogP contribution is -2.27. The number of nitrogens with one attached hydrogen (secondary N) is 1. The number of nitrogens with zero attached hydrogens (tertiary/aromatic N) is 3. The Balaban J connectivity index is 1.89. The van der Waals surface area contributed by atoms with Gasteiger partial charge in [0.05, 0.1) is 23.5 Å². The third-order valence-electron chi connectivity index (χ3n) is 4.14. The van der Waals surface area contributed by atoms with Gasteiger partial charge in [-0.1, -0.05) is 30.3 Å². The van der Waals surface area contributed by atoms with Crippen LogP contribution in [0.15, 0.2) is 42.6 Å². The summed E-state index contributed by atoms with van der Waals surface area (Å²) in [4.78, 5) is 17.3. The van der Waals surface area contributed by atoms with Gasteiger partial charge in [0.2, 0.25) is 0 Å². The van der Waals surface area contributed by atoms with Crippen LogP contribution >= 0.6 is 0 Å². The Morgan fingerprint density at radius 3 is 2.54 bits per heavy atom. The van der Waals surface area contributed by atoms with Crippen molar-refractivity contribution in [2.75, 3.05) is 0 Å². The second-order valence-electron chi connectivity index (χ2n) is 6.32. The molecule has 1 aromatic carbocycles. The number of amides is 1. The molecular weight excluding hydrogens is 300 g/mol. The fourth-order valence-electron chi connectivity index (χ4n) is 2.77. The van der Waals surface area contributed by atoms with Gasteiger partial charge in [-0.3, -0.25) is 4.79 Å². The van der Waals surface area contributed by atoms with E-state index < -0.39 is 0 Å². The van der Waals surface area contributed by atoms with Gasteiger partial charge in [-0.25, -0.2) is 9.67 Å². The first-order chi connectivity index (χ1) is 11.5. The standard InChI is InChI=1S/C19H22N4O/c1-12(2)23-18-16(11-20-23)10-17(14(4)21-18)19(24)22-13(3)15-8-6-5-7-9-15/h5-13H,1-4H3,(H,22,24). The molecule has 3 rings (SSSR count). The summed E-state index contributed by atoms with van der Waals surface area (Å²) in [6.45, 7) is 7.96. The van der Waals surface area contributed by atoms with Gasteiger partial charge >= 0.3 is 0 Å². The van der Waals surface area contributed by atoms with Crippen molar-refractivity contribution in [1.82, 2.24) is 20.1 Å². The smallest absolute Gasteiger partial charge is 0.253 e. The number of fused-ring (bicyclic) bond motifs is 1. The van der Waals surface area contributed by atoms with Crippen molar-refractivity contribution in [3.63, 3.8) is 0 Å². The SMILES string of the molecule is Cc1nc2c(cnn2C(C)C)cc1C(=O)NC(C)c1ccccc1. The Bertz CT molecular complexity index is 868. The van der Waals surface area contributed by atoms with Gasteiger partial charge in [0.25, 0.3) is 5.91 Å².